The molecule has 1 N–H and O–H groups in total. The number of aromatic nitrogens is 4. The molecule has 1 amide bonds. The third-order valence-electron chi connectivity index (χ3n) is 4.52. The molecule has 10 nitrogen and oxygen atoms in total. The molecule has 0 saturated carbocycles. The number of nitrogens with zero attached hydrogens (tertiary/aromatic N) is 5. The fourth-order valence-electron chi connectivity index (χ4n) is 3.10. The summed E-state index contributed by atoms with van der Waals surface area (Å²) in [6.07, 6.45) is 3.39. The molecule has 0 fully saturated rings. The normalized spacial score (nSPS) is 10.9. The fourth-order valence-corrected chi connectivity index (χ4v) is 3.27. The molecule has 0 aliphatic rings. The summed E-state index contributed by atoms with van der Waals surface area (Å²) in [5.41, 5.74) is 0.547. The van der Waals surface area contributed by atoms with Gasteiger partial charge in [0.15, 0.2) is 5.69 Å². The highest BCUT2D eigenvalue weighted by Crippen LogP contribution is 2.22. The van der Waals surface area contributed by atoms with Crippen molar-refractivity contribution in [2.45, 2.75) is 13.5 Å². The molecule has 0 aliphatic heterocycles. The molecule has 156 valence electrons. The number of carbonyl (C=O) groups excluding carboxylic acids is 1. The van der Waals surface area contributed by atoms with Crippen LogP contribution in [0, 0.1) is 17.0 Å². The Balaban J connectivity index is 1.63. The van der Waals surface area contributed by atoms with E-state index in [9.17, 15) is 19.7 Å². The van der Waals surface area contributed by atoms with Crippen molar-refractivity contribution >= 4 is 28.8 Å². The molecule has 11 heteroatoms. The van der Waals surface area contributed by atoms with Gasteiger partial charge in [-0.25, -0.2) is 9.67 Å². The Morgan fingerprint density at radius 2 is 2.00 bits per heavy atom. The second kappa shape index (κ2) is 8.00. The smallest absolute Gasteiger partial charge is 0.294 e. The summed E-state index contributed by atoms with van der Waals surface area (Å²) in [6.45, 7) is 1.63. The number of amides is 1. The number of fused-ring (bicyclic) bond motifs is 1. The van der Waals surface area contributed by atoms with Crippen molar-refractivity contribution in [1.82, 2.24) is 24.5 Å². The van der Waals surface area contributed by atoms with Crippen LogP contribution < -0.4 is 10.7 Å². The maximum absolute atomic E-state index is 12.6. The van der Waals surface area contributed by atoms with E-state index in [2.05, 4.69) is 15.4 Å². The first-order chi connectivity index (χ1) is 14.8. The zero-order valence-electron chi connectivity index (χ0n) is 16.2. The summed E-state index contributed by atoms with van der Waals surface area (Å²) < 4.78 is 2.93. The number of carbonyl (C=O) groups is 1. The van der Waals surface area contributed by atoms with E-state index in [0.29, 0.717) is 22.1 Å². The Morgan fingerprint density at radius 3 is 2.77 bits per heavy atom. The number of nitrogens with one attached hydrogen (secondary N) is 1. The van der Waals surface area contributed by atoms with Gasteiger partial charge >= 0.3 is 0 Å². The number of aryl methyl sites for hydroxylation is 1. The summed E-state index contributed by atoms with van der Waals surface area (Å²) in [5, 5.41) is 18.6. The number of hydrogen-bond donors (Lipinski definition) is 1. The lowest BCUT2D eigenvalue weighted by Crippen LogP contribution is -2.31. The van der Waals surface area contributed by atoms with Crippen LogP contribution in [-0.2, 0) is 6.54 Å². The molecule has 3 aromatic heterocycles. The molecule has 31 heavy (non-hydrogen) atoms. The topological polar surface area (TPSA) is 124 Å². The number of nitro benzene ring substituents is 1. The molecule has 0 atom stereocenters. The summed E-state index contributed by atoms with van der Waals surface area (Å²) in [4.78, 5) is 40.2. The van der Waals surface area contributed by atoms with Gasteiger partial charge in [0, 0.05) is 30.2 Å². The fraction of sp³-hybridized carbons (Fsp3) is 0.100. The molecule has 1 aromatic carbocycles. The van der Waals surface area contributed by atoms with Crippen LogP contribution in [0.15, 0.2) is 59.7 Å². The molecule has 4 rings (SSSR count). The molecular formula is C20H15ClN6O4. The standard InChI is InChI=1S/C20H15ClN6O4/c1-12-8-17(28)19(24-26(12)15-4-2-3-5-16(15)27(30)31)20(29)22-9-14-11-25-10-13(21)6-7-18(25)23-14/h2-8,10-11H,9H2,1H3,(H,22,29). The monoisotopic (exact) mass is 438 g/mol. The third kappa shape index (κ3) is 4.01. The van der Waals surface area contributed by atoms with Gasteiger partial charge in [0.2, 0.25) is 5.43 Å². The molecule has 0 saturated heterocycles. The van der Waals surface area contributed by atoms with Gasteiger partial charge in [-0.1, -0.05) is 23.7 Å². The SMILES string of the molecule is Cc1cc(=O)c(C(=O)NCc2cn3cc(Cl)ccc3n2)nn1-c1ccccc1[N+](=O)[O-]. The van der Waals surface area contributed by atoms with Gasteiger partial charge in [0.05, 0.1) is 22.2 Å². The van der Waals surface area contributed by atoms with Crippen LogP contribution in [0.5, 0.6) is 0 Å². The van der Waals surface area contributed by atoms with Crippen LogP contribution in [0.4, 0.5) is 5.69 Å². The first kappa shape index (κ1) is 20.2. The first-order valence-corrected chi connectivity index (χ1v) is 9.47. The van der Waals surface area contributed by atoms with Crippen LogP contribution in [0.2, 0.25) is 5.02 Å². The molecule has 0 aliphatic carbocycles. The highest BCUT2D eigenvalue weighted by Gasteiger charge is 2.20. The lowest BCUT2D eigenvalue weighted by atomic mass is 10.2. The minimum absolute atomic E-state index is 0.0542. The van der Waals surface area contributed by atoms with Crippen molar-refractivity contribution in [3.8, 4) is 5.69 Å². The summed E-state index contributed by atoms with van der Waals surface area (Å²) in [5.74, 6) is -0.715. The van der Waals surface area contributed by atoms with Gasteiger partial charge in [0.25, 0.3) is 11.6 Å². The number of imidazole rings is 1. The van der Waals surface area contributed by atoms with Gasteiger partial charge in [-0.15, -0.1) is 0 Å². The molecular weight excluding hydrogens is 424 g/mol. The lowest BCUT2D eigenvalue weighted by molar-refractivity contribution is -0.384. The molecule has 3 heterocycles. The van der Waals surface area contributed by atoms with Gasteiger partial charge in [-0.2, -0.15) is 5.10 Å². The number of hydrogen-bond acceptors (Lipinski definition) is 6. The van der Waals surface area contributed by atoms with Gasteiger partial charge in [-0.05, 0) is 25.1 Å². The van der Waals surface area contributed by atoms with Crippen molar-refractivity contribution in [3.63, 3.8) is 0 Å². The number of rotatable bonds is 5. The molecule has 0 bridgehead atoms. The van der Waals surface area contributed by atoms with E-state index in [-0.39, 0.29) is 23.6 Å². The van der Waals surface area contributed by atoms with E-state index in [0.717, 1.165) is 0 Å². The van der Waals surface area contributed by atoms with Crippen LogP contribution in [0.25, 0.3) is 11.3 Å². The van der Waals surface area contributed by atoms with E-state index in [4.69, 9.17) is 11.6 Å². The zero-order valence-corrected chi connectivity index (χ0v) is 16.9. The van der Waals surface area contributed by atoms with Crippen molar-refractivity contribution in [1.29, 1.82) is 0 Å². The lowest BCUT2D eigenvalue weighted by Gasteiger charge is -2.11. The van der Waals surface area contributed by atoms with Gasteiger partial charge < -0.3 is 9.72 Å². The largest absolute Gasteiger partial charge is 0.345 e. The predicted molar refractivity (Wildman–Crippen MR) is 113 cm³/mol. The highest BCUT2D eigenvalue weighted by molar-refractivity contribution is 6.30. The highest BCUT2D eigenvalue weighted by atomic mass is 35.5. The minimum Gasteiger partial charge on any atom is -0.345 e. The van der Waals surface area contributed by atoms with E-state index >= 15 is 0 Å². The first-order valence-electron chi connectivity index (χ1n) is 9.09. The molecule has 0 unspecified atom stereocenters. The van der Waals surface area contributed by atoms with E-state index in [1.54, 1.807) is 41.9 Å². The number of pyridine rings is 1. The van der Waals surface area contributed by atoms with Crippen LogP contribution in [-0.4, -0.2) is 30.0 Å². The van der Waals surface area contributed by atoms with Crippen molar-refractivity contribution < 1.29 is 9.72 Å². The van der Waals surface area contributed by atoms with Gasteiger partial charge in [-0.3, -0.25) is 19.7 Å². The molecule has 4 aromatic rings. The van der Waals surface area contributed by atoms with Crippen LogP contribution in [0.3, 0.4) is 0 Å². The van der Waals surface area contributed by atoms with Gasteiger partial charge in [0.1, 0.15) is 11.3 Å². The Kier molecular flexibility index (Phi) is 5.22. The summed E-state index contributed by atoms with van der Waals surface area (Å²) >= 11 is 5.96. The second-order valence-corrected chi connectivity index (χ2v) is 7.12. The third-order valence-corrected chi connectivity index (χ3v) is 4.75. The summed E-state index contributed by atoms with van der Waals surface area (Å²) in [6, 6.07) is 10.6. The Bertz CT molecular complexity index is 1390. The van der Waals surface area contributed by atoms with Crippen molar-refractivity contribution in [2.75, 3.05) is 0 Å². The Hall–Kier alpha value is -4.05. The van der Waals surface area contributed by atoms with E-state index < -0.39 is 16.3 Å². The molecule has 0 radical (unpaired) electrons. The number of halogens is 1. The quantitative estimate of drug-likeness (QED) is 0.377. The molecule has 0 spiro atoms. The van der Waals surface area contributed by atoms with E-state index in [1.807, 2.05) is 0 Å². The average Bonchev–Trinajstić information content (AvgIpc) is 3.14. The van der Waals surface area contributed by atoms with Crippen LogP contribution >= 0.6 is 11.6 Å². The van der Waals surface area contributed by atoms with Crippen molar-refractivity contribution in [2.24, 2.45) is 0 Å². The summed E-state index contributed by atoms with van der Waals surface area (Å²) in [7, 11) is 0. The minimum atomic E-state index is -0.715. The number of benzene rings is 1. The van der Waals surface area contributed by atoms with Crippen LogP contribution in [0.1, 0.15) is 21.9 Å². The van der Waals surface area contributed by atoms with E-state index in [1.165, 1.54) is 28.9 Å². The second-order valence-electron chi connectivity index (χ2n) is 6.68. The Morgan fingerprint density at radius 1 is 1.23 bits per heavy atom. The Labute approximate surface area is 179 Å². The average molecular weight is 439 g/mol. The predicted octanol–water partition coefficient (Wildman–Crippen LogP) is 2.68. The maximum atomic E-state index is 12.6. The maximum Gasteiger partial charge on any atom is 0.294 e. The number of para-hydroxylation sites is 2. The van der Waals surface area contributed by atoms with Crippen molar-refractivity contribution in [3.05, 3.63) is 97.3 Å². The number of nitro groups is 1. The zero-order chi connectivity index (χ0) is 22.1.